The standard InChI is InChI=1S/C15H23N3O/c1-11(2)9-12(16)14(19)18-10-15(6-7-15)13-5-3-4-8-17-13/h3-5,8,11-12H,6-7,9-10,16H2,1-2H3,(H,18,19)/t12-/m0/s1. The lowest BCUT2D eigenvalue weighted by Gasteiger charge is -2.18. The summed E-state index contributed by atoms with van der Waals surface area (Å²) in [7, 11) is 0. The number of aromatic nitrogens is 1. The van der Waals surface area contributed by atoms with Gasteiger partial charge in [-0.25, -0.2) is 0 Å². The van der Waals surface area contributed by atoms with E-state index in [1.165, 1.54) is 0 Å². The normalized spacial score (nSPS) is 18.1. The molecular weight excluding hydrogens is 238 g/mol. The molecule has 1 aromatic rings. The Morgan fingerprint density at radius 2 is 2.21 bits per heavy atom. The molecule has 19 heavy (non-hydrogen) atoms. The van der Waals surface area contributed by atoms with E-state index in [0.717, 1.165) is 25.0 Å². The van der Waals surface area contributed by atoms with Gasteiger partial charge in [0.2, 0.25) is 5.91 Å². The fourth-order valence-corrected chi connectivity index (χ4v) is 2.35. The summed E-state index contributed by atoms with van der Waals surface area (Å²) in [5.41, 5.74) is 7.01. The van der Waals surface area contributed by atoms with E-state index in [4.69, 9.17) is 5.73 Å². The zero-order valence-electron chi connectivity index (χ0n) is 11.7. The molecule has 1 aliphatic carbocycles. The van der Waals surface area contributed by atoms with E-state index in [-0.39, 0.29) is 11.3 Å². The Morgan fingerprint density at radius 3 is 2.74 bits per heavy atom. The number of hydrogen-bond donors (Lipinski definition) is 2. The highest BCUT2D eigenvalue weighted by molar-refractivity contribution is 5.81. The molecule has 0 spiro atoms. The summed E-state index contributed by atoms with van der Waals surface area (Å²) in [5.74, 6) is 0.391. The molecule has 0 unspecified atom stereocenters. The van der Waals surface area contributed by atoms with Crippen LogP contribution < -0.4 is 11.1 Å². The molecule has 4 heteroatoms. The molecule has 1 saturated carbocycles. The Morgan fingerprint density at radius 1 is 1.47 bits per heavy atom. The summed E-state index contributed by atoms with van der Waals surface area (Å²) in [6, 6.07) is 5.54. The molecule has 0 aromatic carbocycles. The van der Waals surface area contributed by atoms with Crippen molar-refractivity contribution in [2.45, 2.75) is 44.6 Å². The monoisotopic (exact) mass is 261 g/mol. The van der Waals surface area contributed by atoms with Crippen LogP contribution in [0, 0.1) is 5.92 Å². The van der Waals surface area contributed by atoms with Crippen molar-refractivity contribution < 1.29 is 4.79 Å². The smallest absolute Gasteiger partial charge is 0.236 e. The Bertz CT molecular complexity index is 426. The van der Waals surface area contributed by atoms with Crippen molar-refractivity contribution in [3.05, 3.63) is 30.1 Å². The second-order valence-corrected chi connectivity index (χ2v) is 5.95. The molecule has 0 saturated heterocycles. The maximum absolute atomic E-state index is 11.9. The number of rotatable bonds is 6. The molecule has 1 amide bonds. The lowest BCUT2D eigenvalue weighted by molar-refractivity contribution is -0.122. The van der Waals surface area contributed by atoms with Crippen molar-refractivity contribution in [3.63, 3.8) is 0 Å². The molecule has 3 N–H and O–H groups in total. The summed E-state index contributed by atoms with van der Waals surface area (Å²) in [6.45, 7) is 4.79. The van der Waals surface area contributed by atoms with E-state index in [1.54, 1.807) is 0 Å². The number of carbonyl (C=O) groups excluding carboxylic acids is 1. The zero-order valence-corrected chi connectivity index (χ0v) is 11.7. The number of nitrogens with zero attached hydrogens (tertiary/aromatic N) is 1. The van der Waals surface area contributed by atoms with Gasteiger partial charge < -0.3 is 11.1 Å². The largest absolute Gasteiger partial charge is 0.354 e. The first-order chi connectivity index (χ1) is 9.03. The number of hydrogen-bond acceptors (Lipinski definition) is 3. The second kappa shape index (κ2) is 5.70. The van der Waals surface area contributed by atoms with Gasteiger partial charge in [-0.15, -0.1) is 0 Å². The number of nitrogens with two attached hydrogens (primary N) is 1. The van der Waals surface area contributed by atoms with E-state index < -0.39 is 6.04 Å². The first kappa shape index (κ1) is 14.0. The lowest BCUT2D eigenvalue weighted by atomic mass is 10.0. The third kappa shape index (κ3) is 3.53. The lowest BCUT2D eigenvalue weighted by Crippen LogP contribution is -2.44. The van der Waals surface area contributed by atoms with Gasteiger partial charge in [0.15, 0.2) is 0 Å². The third-order valence-electron chi connectivity index (χ3n) is 3.72. The number of carbonyl (C=O) groups is 1. The van der Waals surface area contributed by atoms with Gasteiger partial charge in [0, 0.05) is 23.9 Å². The third-order valence-corrected chi connectivity index (χ3v) is 3.72. The molecule has 0 aliphatic heterocycles. The predicted molar refractivity (Wildman–Crippen MR) is 75.6 cm³/mol. The van der Waals surface area contributed by atoms with Crippen LogP contribution in [0.3, 0.4) is 0 Å². The van der Waals surface area contributed by atoms with Crippen molar-refractivity contribution >= 4 is 5.91 Å². The van der Waals surface area contributed by atoms with Gasteiger partial charge in [0.05, 0.1) is 6.04 Å². The van der Waals surface area contributed by atoms with E-state index in [1.807, 2.05) is 24.4 Å². The zero-order chi connectivity index (χ0) is 13.9. The van der Waals surface area contributed by atoms with Gasteiger partial charge in [-0.05, 0) is 37.3 Å². The average molecular weight is 261 g/mol. The Balaban J connectivity index is 1.87. The van der Waals surface area contributed by atoms with Crippen molar-refractivity contribution in [2.75, 3.05) is 6.54 Å². The summed E-state index contributed by atoms with van der Waals surface area (Å²) in [6.07, 6.45) is 4.71. The van der Waals surface area contributed by atoms with Crippen LogP contribution in [0.1, 0.15) is 38.8 Å². The summed E-state index contributed by atoms with van der Waals surface area (Å²) >= 11 is 0. The molecule has 1 fully saturated rings. The van der Waals surface area contributed by atoms with Crippen LogP contribution in [0.5, 0.6) is 0 Å². The Kier molecular flexibility index (Phi) is 4.20. The maximum Gasteiger partial charge on any atom is 0.236 e. The summed E-state index contributed by atoms with van der Waals surface area (Å²) in [4.78, 5) is 16.3. The SMILES string of the molecule is CC(C)C[C@H](N)C(=O)NCC1(c2ccccn2)CC1. The van der Waals surface area contributed by atoms with Crippen molar-refractivity contribution in [3.8, 4) is 0 Å². The molecule has 0 radical (unpaired) electrons. The van der Waals surface area contributed by atoms with Crippen molar-refractivity contribution in [1.29, 1.82) is 0 Å². The first-order valence-electron chi connectivity index (χ1n) is 6.98. The molecule has 104 valence electrons. The van der Waals surface area contributed by atoms with Gasteiger partial charge >= 0.3 is 0 Å². The number of amides is 1. The number of pyridine rings is 1. The highest BCUT2D eigenvalue weighted by Gasteiger charge is 2.45. The molecule has 2 rings (SSSR count). The van der Waals surface area contributed by atoms with Crippen LogP contribution in [0.2, 0.25) is 0 Å². The fraction of sp³-hybridized carbons (Fsp3) is 0.600. The van der Waals surface area contributed by atoms with E-state index in [2.05, 4.69) is 24.1 Å². The van der Waals surface area contributed by atoms with Crippen LogP contribution >= 0.6 is 0 Å². The summed E-state index contributed by atoms with van der Waals surface area (Å²) < 4.78 is 0. The molecule has 4 nitrogen and oxygen atoms in total. The first-order valence-corrected chi connectivity index (χ1v) is 6.98. The predicted octanol–water partition coefficient (Wildman–Crippen LogP) is 1.60. The highest BCUT2D eigenvalue weighted by Crippen LogP contribution is 2.46. The van der Waals surface area contributed by atoms with E-state index in [9.17, 15) is 4.79 Å². The summed E-state index contributed by atoms with van der Waals surface area (Å²) in [5, 5.41) is 2.99. The van der Waals surface area contributed by atoms with Crippen molar-refractivity contribution in [1.82, 2.24) is 10.3 Å². The van der Waals surface area contributed by atoms with Crippen LogP contribution in [-0.2, 0) is 10.2 Å². The van der Waals surface area contributed by atoms with Gasteiger partial charge in [0.1, 0.15) is 0 Å². The maximum atomic E-state index is 11.9. The fourth-order valence-electron chi connectivity index (χ4n) is 2.35. The topological polar surface area (TPSA) is 68.0 Å². The Labute approximate surface area is 114 Å². The minimum atomic E-state index is -0.403. The van der Waals surface area contributed by atoms with Crippen LogP contribution in [-0.4, -0.2) is 23.5 Å². The Hall–Kier alpha value is -1.42. The van der Waals surface area contributed by atoms with Crippen LogP contribution in [0.25, 0.3) is 0 Å². The molecule has 1 heterocycles. The molecular formula is C15H23N3O. The van der Waals surface area contributed by atoms with E-state index >= 15 is 0 Å². The van der Waals surface area contributed by atoms with Gasteiger partial charge in [-0.2, -0.15) is 0 Å². The molecule has 1 atom stereocenters. The second-order valence-electron chi connectivity index (χ2n) is 5.95. The number of nitrogens with one attached hydrogen (secondary N) is 1. The molecule has 1 aliphatic rings. The van der Waals surface area contributed by atoms with Crippen molar-refractivity contribution in [2.24, 2.45) is 11.7 Å². The highest BCUT2D eigenvalue weighted by atomic mass is 16.2. The van der Waals surface area contributed by atoms with Gasteiger partial charge in [-0.1, -0.05) is 19.9 Å². The van der Waals surface area contributed by atoms with Crippen LogP contribution in [0.15, 0.2) is 24.4 Å². The van der Waals surface area contributed by atoms with Gasteiger partial charge in [-0.3, -0.25) is 9.78 Å². The molecule has 1 aromatic heterocycles. The van der Waals surface area contributed by atoms with E-state index in [0.29, 0.717) is 12.5 Å². The molecule has 0 bridgehead atoms. The quantitative estimate of drug-likeness (QED) is 0.817. The van der Waals surface area contributed by atoms with Gasteiger partial charge in [0.25, 0.3) is 0 Å². The minimum Gasteiger partial charge on any atom is -0.354 e. The average Bonchev–Trinajstić information content (AvgIpc) is 3.17. The minimum absolute atomic E-state index is 0.0455. The van der Waals surface area contributed by atoms with Crippen LogP contribution in [0.4, 0.5) is 0 Å².